The molecule has 2 fully saturated rings. The highest BCUT2D eigenvalue weighted by atomic mass is 32.2. The molecule has 0 aromatic carbocycles. The first-order chi connectivity index (χ1) is 9.03. The summed E-state index contributed by atoms with van der Waals surface area (Å²) in [5.41, 5.74) is 0. The summed E-state index contributed by atoms with van der Waals surface area (Å²) in [5.74, 6) is 1.09. The second kappa shape index (κ2) is 6.10. The zero-order chi connectivity index (χ0) is 13.9. The fraction of sp³-hybridized carbons (Fsp3) is 1.00. The molecule has 1 N–H and O–H groups in total. The molecule has 112 valence electrons. The number of nitrogens with one attached hydrogen (secondary N) is 1. The molecule has 0 radical (unpaired) electrons. The number of rotatable bonds is 4. The van der Waals surface area contributed by atoms with Gasteiger partial charge >= 0.3 is 0 Å². The summed E-state index contributed by atoms with van der Waals surface area (Å²) in [6.45, 7) is 8.83. The molecule has 19 heavy (non-hydrogen) atoms. The van der Waals surface area contributed by atoms with Gasteiger partial charge in [-0.25, -0.2) is 8.42 Å². The minimum Gasteiger partial charge on any atom is -0.317 e. The molecular formula is C14H28N2O2S. The van der Waals surface area contributed by atoms with Crippen LogP contribution in [0.5, 0.6) is 0 Å². The number of hydrogen-bond donors (Lipinski definition) is 1. The van der Waals surface area contributed by atoms with E-state index in [4.69, 9.17) is 0 Å². The van der Waals surface area contributed by atoms with E-state index in [9.17, 15) is 8.42 Å². The van der Waals surface area contributed by atoms with Gasteiger partial charge in [0.2, 0.25) is 0 Å². The number of sulfone groups is 1. The van der Waals surface area contributed by atoms with E-state index >= 15 is 0 Å². The average Bonchev–Trinajstić information content (AvgIpc) is 2.42. The van der Waals surface area contributed by atoms with Gasteiger partial charge in [-0.05, 0) is 44.7 Å². The lowest BCUT2D eigenvalue weighted by atomic mass is 9.95. The third-order valence-corrected chi connectivity index (χ3v) is 7.86. The first-order valence-corrected chi connectivity index (χ1v) is 9.33. The number of hydrogen-bond acceptors (Lipinski definition) is 4. The Hall–Kier alpha value is -0.130. The van der Waals surface area contributed by atoms with Crippen LogP contribution in [0.2, 0.25) is 0 Å². The summed E-state index contributed by atoms with van der Waals surface area (Å²) in [6, 6.07) is 0. The predicted octanol–water partition coefficient (Wildman–Crippen LogP) is 1.28. The van der Waals surface area contributed by atoms with E-state index in [2.05, 4.69) is 10.2 Å². The Labute approximate surface area is 117 Å². The van der Waals surface area contributed by atoms with Gasteiger partial charge in [0.25, 0.3) is 0 Å². The normalized spacial score (nSPS) is 28.3. The molecule has 0 amide bonds. The molecule has 0 spiro atoms. The molecule has 0 bridgehead atoms. The van der Waals surface area contributed by atoms with Crippen molar-refractivity contribution in [2.24, 2.45) is 5.92 Å². The van der Waals surface area contributed by atoms with Crippen molar-refractivity contribution in [2.75, 3.05) is 38.5 Å². The summed E-state index contributed by atoms with van der Waals surface area (Å²) in [4.78, 5) is 2.41. The molecule has 0 saturated carbocycles. The lowest BCUT2D eigenvalue weighted by molar-refractivity contribution is 0.180. The molecule has 2 aliphatic heterocycles. The van der Waals surface area contributed by atoms with E-state index in [1.807, 2.05) is 13.8 Å². The summed E-state index contributed by atoms with van der Waals surface area (Å²) in [6.07, 6.45) is 3.95. The summed E-state index contributed by atoms with van der Waals surface area (Å²) >= 11 is 0. The Morgan fingerprint density at radius 1 is 1.21 bits per heavy atom. The summed E-state index contributed by atoms with van der Waals surface area (Å²) in [7, 11) is -2.91. The fourth-order valence-electron chi connectivity index (χ4n) is 3.55. The zero-order valence-electron chi connectivity index (χ0n) is 12.3. The summed E-state index contributed by atoms with van der Waals surface area (Å²) < 4.78 is 24.2. The zero-order valence-corrected chi connectivity index (χ0v) is 13.1. The lowest BCUT2D eigenvalue weighted by Gasteiger charge is -2.42. The maximum absolute atomic E-state index is 12.4. The molecule has 2 aliphatic rings. The highest BCUT2D eigenvalue weighted by Crippen LogP contribution is 2.32. The Morgan fingerprint density at radius 3 is 2.42 bits per heavy atom. The van der Waals surface area contributed by atoms with Crippen molar-refractivity contribution in [3.8, 4) is 0 Å². The van der Waals surface area contributed by atoms with Crippen LogP contribution in [0.3, 0.4) is 0 Å². The van der Waals surface area contributed by atoms with Gasteiger partial charge < -0.3 is 10.2 Å². The third kappa shape index (κ3) is 3.14. The van der Waals surface area contributed by atoms with Crippen molar-refractivity contribution in [3.05, 3.63) is 0 Å². The predicted molar refractivity (Wildman–Crippen MR) is 79.1 cm³/mol. The van der Waals surface area contributed by atoms with Crippen LogP contribution < -0.4 is 5.32 Å². The largest absolute Gasteiger partial charge is 0.317 e. The van der Waals surface area contributed by atoms with Crippen LogP contribution >= 0.6 is 0 Å². The van der Waals surface area contributed by atoms with Gasteiger partial charge in [0.05, 0.1) is 10.5 Å². The van der Waals surface area contributed by atoms with Gasteiger partial charge in [-0.3, -0.25) is 0 Å². The minimum atomic E-state index is -2.91. The van der Waals surface area contributed by atoms with E-state index in [-0.39, 0.29) is 0 Å². The van der Waals surface area contributed by atoms with E-state index < -0.39 is 14.6 Å². The molecular weight excluding hydrogens is 260 g/mol. The molecule has 4 nitrogen and oxygen atoms in total. The van der Waals surface area contributed by atoms with Crippen molar-refractivity contribution in [2.45, 2.75) is 44.3 Å². The Kier molecular flexibility index (Phi) is 4.90. The quantitative estimate of drug-likeness (QED) is 0.846. The van der Waals surface area contributed by atoms with Gasteiger partial charge in [-0.1, -0.05) is 13.8 Å². The van der Waals surface area contributed by atoms with Crippen LogP contribution in [0.1, 0.15) is 39.5 Å². The Balaban J connectivity index is 2.01. The molecule has 2 rings (SSSR count). The molecule has 0 unspecified atom stereocenters. The van der Waals surface area contributed by atoms with E-state index in [0.717, 1.165) is 51.5 Å². The standard InChI is InChI=1S/C14H28N2O2S/c1-3-14(4-2)12-16(9-10-19(14,17)18)11-13-5-7-15-8-6-13/h13,15H,3-12H2,1-2H3. The minimum absolute atomic E-state index is 0.347. The molecule has 2 heterocycles. The number of nitrogens with zero attached hydrogens (tertiary/aromatic N) is 1. The van der Waals surface area contributed by atoms with Crippen LogP contribution in [-0.4, -0.2) is 56.5 Å². The average molecular weight is 288 g/mol. The topological polar surface area (TPSA) is 49.4 Å². The van der Waals surface area contributed by atoms with E-state index in [1.54, 1.807) is 0 Å². The van der Waals surface area contributed by atoms with Crippen LogP contribution in [0, 0.1) is 5.92 Å². The second-order valence-electron chi connectivity index (χ2n) is 6.14. The molecule has 2 saturated heterocycles. The Morgan fingerprint density at radius 2 is 1.84 bits per heavy atom. The lowest BCUT2D eigenvalue weighted by Crippen LogP contribution is -2.56. The van der Waals surface area contributed by atoms with Gasteiger partial charge in [0.15, 0.2) is 9.84 Å². The smallest absolute Gasteiger partial charge is 0.158 e. The monoisotopic (exact) mass is 288 g/mol. The number of piperidine rings is 1. The van der Waals surface area contributed by atoms with Gasteiger partial charge in [-0.2, -0.15) is 0 Å². The molecule has 0 atom stereocenters. The van der Waals surface area contributed by atoms with E-state index in [0.29, 0.717) is 5.75 Å². The van der Waals surface area contributed by atoms with Gasteiger partial charge in [0, 0.05) is 19.6 Å². The van der Waals surface area contributed by atoms with Crippen molar-refractivity contribution in [1.29, 1.82) is 0 Å². The Bertz CT molecular complexity index is 384. The third-order valence-electron chi connectivity index (χ3n) is 5.11. The van der Waals surface area contributed by atoms with Gasteiger partial charge in [-0.15, -0.1) is 0 Å². The molecule has 0 aromatic heterocycles. The molecule has 0 aliphatic carbocycles. The first kappa shape index (κ1) is 15.3. The van der Waals surface area contributed by atoms with Crippen molar-refractivity contribution in [3.63, 3.8) is 0 Å². The van der Waals surface area contributed by atoms with Gasteiger partial charge in [0.1, 0.15) is 0 Å². The van der Waals surface area contributed by atoms with Crippen molar-refractivity contribution in [1.82, 2.24) is 10.2 Å². The van der Waals surface area contributed by atoms with E-state index in [1.165, 1.54) is 12.8 Å². The SMILES string of the molecule is CCC1(CC)CN(CC2CCNCC2)CCS1(=O)=O. The second-order valence-corrected chi connectivity index (χ2v) is 8.64. The van der Waals surface area contributed by atoms with Crippen LogP contribution in [0.25, 0.3) is 0 Å². The molecule has 5 heteroatoms. The highest BCUT2D eigenvalue weighted by Gasteiger charge is 2.45. The summed E-state index contributed by atoms with van der Waals surface area (Å²) in [5, 5.41) is 3.39. The fourth-order valence-corrected chi connectivity index (χ4v) is 5.74. The molecule has 0 aromatic rings. The maximum Gasteiger partial charge on any atom is 0.158 e. The van der Waals surface area contributed by atoms with Crippen molar-refractivity contribution >= 4 is 9.84 Å². The van der Waals surface area contributed by atoms with Crippen LogP contribution in [0.15, 0.2) is 0 Å². The van der Waals surface area contributed by atoms with Crippen molar-refractivity contribution < 1.29 is 8.42 Å². The first-order valence-electron chi connectivity index (χ1n) is 7.68. The highest BCUT2D eigenvalue weighted by molar-refractivity contribution is 7.92. The van der Waals surface area contributed by atoms with Crippen LogP contribution in [-0.2, 0) is 9.84 Å². The van der Waals surface area contributed by atoms with Crippen LogP contribution in [0.4, 0.5) is 0 Å². The maximum atomic E-state index is 12.4.